The van der Waals surface area contributed by atoms with E-state index in [0.717, 1.165) is 16.3 Å². The number of nitrogens with one attached hydrogen (secondary N) is 1. The summed E-state index contributed by atoms with van der Waals surface area (Å²) in [6, 6.07) is 21.6. The number of amides is 1. The number of carbonyl (C=O) groups excluding carboxylic acids is 1. The van der Waals surface area contributed by atoms with Crippen molar-refractivity contribution < 1.29 is 18.0 Å². The van der Waals surface area contributed by atoms with Crippen molar-refractivity contribution in [2.75, 3.05) is 5.32 Å². The van der Waals surface area contributed by atoms with Gasteiger partial charge in [-0.15, -0.1) is 0 Å². The van der Waals surface area contributed by atoms with E-state index < -0.39 is 17.8 Å². The van der Waals surface area contributed by atoms with E-state index in [1.54, 1.807) is 30.3 Å². The Bertz CT molecular complexity index is 1380. The second kappa shape index (κ2) is 10.2. The van der Waals surface area contributed by atoms with Gasteiger partial charge in [0.2, 0.25) is 0 Å². The van der Waals surface area contributed by atoms with Crippen molar-refractivity contribution in [1.29, 1.82) is 0 Å². The number of hydrogen-bond donors (Lipinski definition) is 1. The molecule has 0 spiro atoms. The van der Waals surface area contributed by atoms with Crippen LogP contribution in [-0.4, -0.2) is 25.7 Å². The fourth-order valence-corrected chi connectivity index (χ4v) is 3.25. The molecule has 4 aromatic rings. The zero-order valence-corrected chi connectivity index (χ0v) is 18.6. The molecular weight excluding hydrogens is 455 g/mol. The summed E-state index contributed by atoms with van der Waals surface area (Å²) in [6.07, 6.45) is -0.507. The molecule has 6 nitrogen and oxygen atoms in total. The summed E-state index contributed by atoms with van der Waals surface area (Å²) in [5.41, 5.74) is 1.18. The Morgan fingerprint density at radius 1 is 0.914 bits per heavy atom. The maximum Gasteiger partial charge on any atom is 0.433 e. The highest BCUT2D eigenvalue weighted by atomic mass is 19.4. The first-order valence-corrected chi connectivity index (χ1v) is 10.6. The van der Waals surface area contributed by atoms with Crippen molar-refractivity contribution in [3.05, 3.63) is 114 Å². The SMILES string of the molecule is Cc1cccccccc(NC(=O)c2ccc(-n3nc(-c4cccnc4)cc3C(F)(F)F)cn2)c1. The topological polar surface area (TPSA) is 72.7 Å². The van der Waals surface area contributed by atoms with E-state index in [-0.39, 0.29) is 17.1 Å². The Kier molecular flexibility index (Phi) is 6.86. The number of anilines is 1. The molecule has 0 aliphatic carbocycles. The monoisotopic (exact) mass is 475 g/mol. The first-order chi connectivity index (χ1) is 16.8. The van der Waals surface area contributed by atoms with Crippen molar-refractivity contribution in [2.24, 2.45) is 0 Å². The Balaban J connectivity index is 1.63. The standard InChI is InChI=1S/C26H20F3N5O/c1-18-8-5-3-2-4-6-10-20(14-18)32-25(35)22-12-11-21(17-31-22)34-24(26(27,28)29)15-23(33-34)19-9-7-13-30-16-19/h2-17H,1H3,(H,32,35). The number of rotatable bonds is 4. The molecule has 1 amide bonds. The molecule has 0 unspecified atom stereocenters. The van der Waals surface area contributed by atoms with E-state index in [2.05, 4.69) is 20.4 Å². The van der Waals surface area contributed by atoms with Crippen molar-refractivity contribution in [3.8, 4) is 16.9 Å². The summed E-state index contributed by atoms with van der Waals surface area (Å²) >= 11 is 0. The van der Waals surface area contributed by atoms with Crippen LogP contribution in [-0.2, 0) is 6.18 Å². The predicted octanol–water partition coefficient (Wildman–Crippen LogP) is 6.03. The molecular formula is C26H20F3N5O. The lowest BCUT2D eigenvalue weighted by Gasteiger charge is -2.10. The number of aromatic nitrogens is 4. The van der Waals surface area contributed by atoms with Crippen LogP contribution in [0.3, 0.4) is 0 Å². The van der Waals surface area contributed by atoms with E-state index >= 15 is 0 Å². The van der Waals surface area contributed by atoms with E-state index in [0.29, 0.717) is 11.3 Å². The molecule has 0 atom stereocenters. The highest BCUT2D eigenvalue weighted by molar-refractivity contribution is 6.02. The molecule has 176 valence electrons. The van der Waals surface area contributed by atoms with Gasteiger partial charge in [0.05, 0.1) is 17.6 Å². The quantitative estimate of drug-likeness (QED) is 0.391. The number of nitrogens with zero attached hydrogens (tertiary/aromatic N) is 4. The summed E-state index contributed by atoms with van der Waals surface area (Å²) in [5, 5.41) is 6.88. The smallest absolute Gasteiger partial charge is 0.321 e. The lowest BCUT2D eigenvalue weighted by molar-refractivity contribution is -0.142. The van der Waals surface area contributed by atoms with Crippen LogP contribution in [0.1, 0.15) is 21.7 Å². The summed E-state index contributed by atoms with van der Waals surface area (Å²) < 4.78 is 41.8. The van der Waals surface area contributed by atoms with Crippen LogP contribution >= 0.6 is 0 Å². The molecule has 0 bridgehead atoms. The molecule has 0 saturated carbocycles. The van der Waals surface area contributed by atoms with Gasteiger partial charge in [-0.2, -0.15) is 18.3 Å². The van der Waals surface area contributed by atoms with Crippen molar-refractivity contribution in [1.82, 2.24) is 19.7 Å². The molecule has 3 heterocycles. The molecule has 0 saturated heterocycles. The molecule has 1 N–H and O–H groups in total. The molecule has 35 heavy (non-hydrogen) atoms. The van der Waals surface area contributed by atoms with Gasteiger partial charge >= 0.3 is 6.18 Å². The Morgan fingerprint density at radius 2 is 1.69 bits per heavy atom. The molecule has 3 aromatic heterocycles. The Labute approximate surface area is 199 Å². The maximum absolute atomic E-state index is 13.7. The number of aryl methyl sites for hydroxylation is 1. The summed E-state index contributed by atoms with van der Waals surface area (Å²) in [7, 11) is 0. The summed E-state index contributed by atoms with van der Waals surface area (Å²) in [5.74, 6) is -0.496. The predicted molar refractivity (Wildman–Crippen MR) is 126 cm³/mol. The normalized spacial score (nSPS) is 11.0. The van der Waals surface area contributed by atoms with Gasteiger partial charge in [0.15, 0.2) is 0 Å². The highest BCUT2D eigenvalue weighted by Crippen LogP contribution is 2.33. The average Bonchev–Trinajstić information content (AvgIpc) is 3.30. The third-order valence-corrected chi connectivity index (χ3v) is 4.90. The minimum atomic E-state index is -4.65. The van der Waals surface area contributed by atoms with Crippen LogP contribution in [0.15, 0.2) is 97.5 Å². The Morgan fingerprint density at radius 3 is 2.37 bits per heavy atom. The molecule has 1 aromatic carbocycles. The van der Waals surface area contributed by atoms with E-state index in [1.807, 2.05) is 37.3 Å². The van der Waals surface area contributed by atoms with Crippen molar-refractivity contribution >= 4 is 11.6 Å². The first-order valence-electron chi connectivity index (χ1n) is 10.6. The summed E-state index contributed by atoms with van der Waals surface area (Å²) in [4.78, 5) is 20.7. The zero-order chi connectivity index (χ0) is 24.8. The highest BCUT2D eigenvalue weighted by Gasteiger charge is 2.36. The van der Waals surface area contributed by atoms with E-state index in [4.69, 9.17) is 0 Å². The number of hydrogen-bond acceptors (Lipinski definition) is 4. The number of halogens is 3. The number of carbonyl (C=O) groups is 1. The maximum atomic E-state index is 13.7. The van der Waals surface area contributed by atoms with Crippen LogP contribution < -0.4 is 5.32 Å². The first kappa shape index (κ1) is 23.6. The number of pyridine rings is 2. The lowest BCUT2D eigenvalue weighted by atomic mass is 10.2. The van der Waals surface area contributed by atoms with Gasteiger partial charge in [0.25, 0.3) is 5.91 Å². The largest absolute Gasteiger partial charge is 0.433 e. The molecule has 9 heteroatoms. The minimum absolute atomic E-state index is 0.0467. The molecule has 0 fully saturated rings. The van der Waals surface area contributed by atoms with Gasteiger partial charge in [-0.25, -0.2) is 9.67 Å². The molecule has 0 aliphatic rings. The summed E-state index contributed by atoms with van der Waals surface area (Å²) in [6.45, 7) is 1.89. The second-order valence-electron chi connectivity index (χ2n) is 7.56. The van der Waals surface area contributed by atoms with Crippen LogP contribution in [0.2, 0.25) is 0 Å². The molecule has 0 aliphatic heterocycles. The molecule has 4 rings (SSSR count). The van der Waals surface area contributed by atoms with E-state index in [1.165, 1.54) is 30.7 Å². The second-order valence-corrected chi connectivity index (χ2v) is 7.56. The van der Waals surface area contributed by atoms with E-state index in [9.17, 15) is 18.0 Å². The molecule has 0 radical (unpaired) electrons. The number of alkyl halides is 3. The van der Waals surface area contributed by atoms with Crippen LogP contribution in [0, 0.1) is 6.92 Å². The fourth-order valence-electron chi connectivity index (χ4n) is 3.25. The third kappa shape index (κ3) is 5.89. The lowest BCUT2D eigenvalue weighted by Crippen LogP contribution is -2.15. The third-order valence-electron chi connectivity index (χ3n) is 4.90. The van der Waals surface area contributed by atoms with Gasteiger partial charge < -0.3 is 5.32 Å². The van der Waals surface area contributed by atoms with Crippen LogP contribution in [0.25, 0.3) is 16.9 Å². The Hall–Kier alpha value is -4.53. The minimum Gasteiger partial charge on any atom is -0.321 e. The van der Waals surface area contributed by atoms with Crippen LogP contribution in [0.5, 0.6) is 0 Å². The van der Waals surface area contributed by atoms with Crippen molar-refractivity contribution in [3.63, 3.8) is 0 Å². The van der Waals surface area contributed by atoms with Gasteiger partial charge in [0.1, 0.15) is 11.4 Å². The van der Waals surface area contributed by atoms with Gasteiger partial charge in [-0.1, -0.05) is 36.4 Å². The van der Waals surface area contributed by atoms with Crippen LogP contribution in [0.4, 0.5) is 18.9 Å². The van der Waals surface area contributed by atoms with Gasteiger partial charge in [0, 0.05) is 23.6 Å². The van der Waals surface area contributed by atoms with Gasteiger partial charge in [-0.3, -0.25) is 9.78 Å². The fraction of sp³-hybridized carbons (Fsp3) is 0.0769. The zero-order valence-electron chi connectivity index (χ0n) is 18.6. The van der Waals surface area contributed by atoms with Gasteiger partial charge in [-0.05, 0) is 55.0 Å². The van der Waals surface area contributed by atoms with Crippen molar-refractivity contribution in [2.45, 2.75) is 13.1 Å². The average molecular weight is 475 g/mol.